The molecule has 1 rings (SSSR count). The number of hydrogen-bond donors (Lipinski definition) is 3. The van der Waals surface area contributed by atoms with Gasteiger partial charge < -0.3 is 16.0 Å². The molecule has 114 valence electrons. The smallest absolute Gasteiger partial charge is 0.285 e. The highest BCUT2D eigenvalue weighted by atomic mass is 19.1. The van der Waals surface area contributed by atoms with E-state index in [9.17, 15) is 24.1 Å². The van der Waals surface area contributed by atoms with Crippen molar-refractivity contribution in [2.45, 2.75) is 13.0 Å². The number of likely N-dealkylation sites (N-methyl/N-ethyl adjacent to an activating group) is 1. The summed E-state index contributed by atoms with van der Waals surface area (Å²) in [6.45, 7) is 1.42. The van der Waals surface area contributed by atoms with E-state index >= 15 is 0 Å². The van der Waals surface area contributed by atoms with Crippen molar-refractivity contribution in [3.63, 3.8) is 0 Å². The summed E-state index contributed by atoms with van der Waals surface area (Å²) in [6.07, 6.45) is 0. The zero-order chi connectivity index (χ0) is 16.2. The molecule has 9 heteroatoms. The minimum absolute atomic E-state index is 0.0571. The quantitative estimate of drug-likeness (QED) is 0.545. The molecule has 0 fully saturated rings. The first kappa shape index (κ1) is 16.3. The van der Waals surface area contributed by atoms with Crippen molar-refractivity contribution in [2.75, 3.05) is 19.4 Å². The number of nitrogens with one attached hydrogen (secondary N) is 3. The Morgan fingerprint density at radius 2 is 1.95 bits per heavy atom. The molecule has 0 aliphatic heterocycles. The molecule has 0 bridgehead atoms. The molecular formula is C12H15FN4O4. The molecule has 2 amide bonds. The Kier molecular flexibility index (Phi) is 5.17. The molecular weight excluding hydrogens is 283 g/mol. The van der Waals surface area contributed by atoms with Crippen LogP contribution in [0.4, 0.5) is 15.8 Å². The first-order chi connectivity index (χ1) is 9.81. The molecule has 1 atom stereocenters. The molecule has 0 heterocycles. The predicted octanol–water partition coefficient (Wildman–Crippen LogP) is 0.640. The predicted molar refractivity (Wildman–Crippen MR) is 73.6 cm³/mol. The van der Waals surface area contributed by atoms with Crippen LogP contribution in [0, 0.1) is 15.9 Å². The maximum Gasteiger partial charge on any atom is 0.285 e. The van der Waals surface area contributed by atoms with Crippen molar-refractivity contribution in [2.24, 2.45) is 0 Å². The minimum Gasteiger partial charge on any atom is -0.386 e. The lowest BCUT2D eigenvalue weighted by atomic mass is 10.1. The van der Waals surface area contributed by atoms with Gasteiger partial charge in [-0.25, -0.2) is 4.39 Å². The SMILES string of the molecule is CNC(=O)C(C)NC(=O)c1cc(NC)c(F)cc1[N+](=O)[O-]. The van der Waals surface area contributed by atoms with E-state index in [-0.39, 0.29) is 11.3 Å². The summed E-state index contributed by atoms with van der Waals surface area (Å²) in [5.41, 5.74) is -1.06. The van der Waals surface area contributed by atoms with Gasteiger partial charge in [0.1, 0.15) is 11.6 Å². The number of hydrogen-bond acceptors (Lipinski definition) is 5. The third-order valence-electron chi connectivity index (χ3n) is 2.78. The normalized spacial score (nSPS) is 11.4. The summed E-state index contributed by atoms with van der Waals surface area (Å²) in [5.74, 6) is -2.14. The Morgan fingerprint density at radius 3 is 2.43 bits per heavy atom. The number of halogens is 1. The maximum atomic E-state index is 13.5. The van der Waals surface area contributed by atoms with Gasteiger partial charge in [0.2, 0.25) is 5.91 Å². The second kappa shape index (κ2) is 6.64. The summed E-state index contributed by atoms with van der Waals surface area (Å²) in [4.78, 5) is 33.4. The van der Waals surface area contributed by atoms with Crippen LogP contribution in [0.5, 0.6) is 0 Å². The van der Waals surface area contributed by atoms with Gasteiger partial charge in [0, 0.05) is 14.1 Å². The van der Waals surface area contributed by atoms with E-state index in [2.05, 4.69) is 16.0 Å². The number of nitro groups is 1. The van der Waals surface area contributed by atoms with Crippen LogP contribution >= 0.6 is 0 Å². The molecule has 0 spiro atoms. The van der Waals surface area contributed by atoms with Gasteiger partial charge in [-0.15, -0.1) is 0 Å². The summed E-state index contributed by atoms with van der Waals surface area (Å²) in [6, 6.07) is 0.801. The molecule has 1 aromatic rings. The van der Waals surface area contributed by atoms with Gasteiger partial charge in [0.25, 0.3) is 11.6 Å². The van der Waals surface area contributed by atoms with Crippen molar-refractivity contribution in [3.05, 3.63) is 33.6 Å². The van der Waals surface area contributed by atoms with Crippen LogP contribution in [0.25, 0.3) is 0 Å². The van der Waals surface area contributed by atoms with Crippen molar-refractivity contribution >= 4 is 23.2 Å². The maximum absolute atomic E-state index is 13.5. The van der Waals surface area contributed by atoms with Crippen molar-refractivity contribution < 1.29 is 18.9 Å². The minimum atomic E-state index is -0.884. The van der Waals surface area contributed by atoms with Crippen LogP contribution in [0.1, 0.15) is 17.3 Å². The lowest BCUT2D eigenvalue weighted by Gasteiger charge is -2.13. The van der Waals surface area contributed by atoms with Gasteiger partial charge in [0.05, 0.1) is 16.7 Å². The monoisotopic (exact) mass is 298 g/mol. The molecule has 1 aromatic carbocycles. The molecule has 8 nitrogen and oxygen atoms in total. The molecule has 0 saturated heterocycles. The van der Waals surface area contributed by atoms with E-state index in [1.54, 1.807) is 0 Å². The van der Waals surface area contributed by atoms with Crippen molar-refractivity contribution in [3.8, 4) is 0 Å². The Balaban J connectivity index is 3.18. The van der Waals surface area contributed by atoms with Gasteiger partial charge in [-0.1, -0.05) is 0 Å². The summed E-state index contributed by atoms with van der Waals surface area (Å²) in [5, 5.41) is 18.0. The largest absolute Gasteiger partial charge is 0.386 e. The number of amides is 2. The Labute approximate surface area is 119 Å². The summed E-state index contributed by atoms with van der Waals surface area (Å²) < 4.78 is 13.5. The van der Waals surface area contributed by atoms with Crippen molar-refractivity contribution in [1.29, 1.82) is 0 Å². The number of carbonyl (C=O) groups is 2. The van der Waals surface area contributed by atoms with Crippen LogP contribution < -0.4 is 16.0 Å². The van der Waals surface area contributed by atoms with Crippen LogP contribution in [0.15, 0.2) is 12.1 Å². The Hall–Kier alpha value is -2.71. The first-order valence-corrected chi connectivity index (χ1v) is 6.00. The molecule has 1 unspecified atom stereocenters. The second-order valence-electron chi connectivity index (χ2n) is 4.17. The van der Waals surface area contributed by atoms with Gasteiger partial charge in [-0.3, -0.25) is 19.7 Å². The van der Waals surface area contributed by atoms with Crippen LogP contribution in [0.3, 0.4) is 0 Å². The lowest BCUT2D eigenvalue weighted by Crippen LogP contribution is -2.43. The average molecular weight is 298 g/mol. The molecule has 21 heavy (non-hydrogen) atoms. The molecule has 0 aliphatic rings. The zero-order valence-corrected chi connectivity index (χ0v) is 11.7. The van der Waals surface area contributed by atoms with E-state index in [1.807, 2.05) is 0 Å². The molecule has 0 saturated carbocycles. The van der Waals surface area contributed by atoms with Crippen molar-refractivity contribution in [1.82, 2.24) is 10.6 Å². The number of rotatable bonds is 5. The van der Waals surface area contributed by atoms with Gasteiger partial charge in [-0.2, -0.15) is 0 Å². The summed E-state index contributed by atoms with van der Waals surface area (Å²) in [7, 11) is 2.81. The number of nitro benzene ring substituents is 1. The number of carbonyl (C=O) groups excluding carboxylic acids is 2. The summed E-state index contributed by atoms with van der Waals surface area (Å²) >= 11 is 0. The standard InChI is InChI=1S/C12H15FN4O4/c1-6(11(18)15-3)16-12(19)7-4-9(14-2)8(13)5-10(7)17(20)21/h4-6,14H,1-3H3,(H,15,18)(H,16,19). The second-order valence-corrected chi connectivity index (χ2v) is 4.17. The third kappa shape index (κ3) is 3.65. The van der Waals surface area contributed by atoms with Crippen LogP contribution in [0.2, 0.25) is 0 Å². The first-order valence-electron chi connectivity index (χ1n) is 6.00. The lowest BCUT2D eigenvalue weighted by molar-refractivity contribution is -0.385. The van der Waals surface area contributed by atoms with E-state index < -0.39 is 34.3 Å². The fraction of sp³-hybridized carbons (Fsp3) is 0.333. The van der Waals surface area contributed by atoms with Gasteiger partial charge in [0.15, 0.2) is 5.82 Å². The van der Waals surface area contributed by atoms with Gasteiger partial charge >= 0.3 is 0 Å². The highest BCUT2D eigenvalue weighted by Crippen LogP contribution is 2.26. The topological polar surface area (TPSA) is 113 Å². The fourth-order valence-corrected chi connectivity index (χ4v) is 1.64. The number of anilines is 1. The average Bonchev–Trinajstić information content (AvgIpc) is 2.45. The number of nitrogens with zero attached hydrogens (tertiary/aromatic N) is 1. The zero-order valence-electron chi connectivity index (χ0n) is 11.7. The van der Waals surface area contributed by atoms with E-state index in [1.165, 1.54) is 21.0 Å². The molecule has 0 aromatic heterocycles. The number of benzene rings is 1. The highest BCUT2D eigenvalue weighted by molar-refractivity contribution is 6.01. The third-order valence-corrected chi connectivity index (χ3v) is 2.78. The Morgan fingerprint density at radius 1 is 1.33 bits per heavy atom. The van der Waals surface area contributed by atoms with Crippen LogP contribution in [-0.4, -0.2) is 36.9 Å². The van der Waals surface area contributed by atoms with E-state index in [0.717, 1.165) is 6.07 Å². The van der Waals surface area contributed by atoms with E-state index in [0.29, 0.717) is 6.07 Å². The fourth-order valence-electron chi connectivity index (χ4n) is 1.64. The molecule has 0 aliphatic carbocycles. The van der Waals surface area contributed by atoms with E-state index in [4.69, 9.17) is 0 Å². The van der Waals surface area contributed by atoms with Gasteiger partial charge in [-0.05, 0) is 13.0 Å². The molecule has 3 N–H and O–H groups in total. The van der Waals surface area contributed by atoms with Crippen LogP contribution in [-0.2, 0) is 4.79 Å². The molecule has 0 radical (unpaired) electrons. The highest BCUT2D eigenvalue weighted by Gasteiger charge is 2.25. The Bertz CT molecular complexity index is 591.